The van der Waals surface area contributed by atoms with Gasteiger partial charge in [-0.25, -0.2) is 9.07 Å². The average molecular weight is 500 g/mol. The molecule has 0 saturated carbocycles. The van der Waals surface area contributed by atoms with Crippen molar-refractivity contribution in [2.75, 3.05) is 17.7 Å². The maximum Gasteiger partial charge on any atom is 0.269 e. The molecule has 1 unspecified atom stereocenters. The molecular weight excluding hydrogens is 479 g/mol. The molecule has 1 aliphatic heterocycles. The van der Waals surface area contributed by atoms with Crippen molar-refractivity contribution in [2.24, 2.45) is 0 Å². The van der Waals surface area contributed by atoms with E-state index in [9.17, 15) is 14.9 Å². The number of nitro benzene ring substituents is 1. The summed E-state index contributed by atoms with van der Waals surface area (Å²) in [4.78, 5) is 28.7. The summed E-state index contributed by atoms with van der Waals surface area (Å²) in [6.45, 7) is 1.70. The van der Waals surface area contributed by atoms with Crippen LogP contribution in [0.4, 0.5) is 21.7 Å². The summed E-state index contributed by atoms with van der Waals surface area (Å²) < 4.78 is 21.9. The van der Waals surface area contributed by atoms with Crippen LogP contribution in [-0.4, -0.2) is 32.7 Å². The van der Waals surface area contributed by atoms with Gasteiger partial charge in [0.2, 0.25) is 5.95 Å². The summed E-state index contributed by atoms with van der Waals surface area (Å²) in [5.41, 5.74) is 1.86. The first-order chi connectivity index (χ1) is 17.9. The van der Waals surface area contributed by atoms with Gasteiger partial charge in [0.15, 0.2) is 5.82 Å². The van der Waals surface area contributed by atoms with E-state index in [1.165, 1.54) is 42.1 Å². The minimum absolute atomic E-state index is 0.0668. The van der Waals surface area contributed by atoms with Crippen LogP contribution < -0.4 is 15.4 Å². The molecule has 37 heavy (non-hydrogen) atoms. The minimum Gasteiger partial charge on any atom is -0.495 e. The first-order valence-corrected chi connectivity index (χ1v) is 11.3. The molecule has 1 amide bonds. The fourth-order valence-corrected chi connectivity index (χ4v) is 4.22. The van der Waals surface area contributed by atoms with Crippen LogP contribution in [0.1, 0.15) is 18.5 Å². The molecule has 0 radical (unpaired) electrons. The lowest BCUT2D eigenvalue weighted by Crippen LogP contribution is -2.32. The number of methoxy groups -OCH3 is 1. The molecule has 0 spiro atoms. The van der Waals surface area contributed by atoms with Gasteiger partial charge in [-0.15, -0.1) is 5.10 Å². The molecule has 0 aliphatic carbocycles. The number of nitrogens with one attached hydrogen (secondary N) is 2. The number of para-hydroxylation sites is 2. The zero-order chi connectivity index (χ0) is 26.1. The number of ether oxygens (including phenoxy) is 1. The lowest BCUT2D eigenvalue weighted by Gasteiger charge is -2.29. The summed E-state index contributed by atoms with van der Waals surface area (Å²) in [6.07, 6.45) is 0. The van der Waals surface area contributed by atoms with Crippen molar-refractivity contribution in [3.8, 4) is 17.1 Å². The molecule has 2 N–H and O–H groups in total. The lowest BCUT2D eigenvalue weighted by atomic mass is 9.94. The van der Waals surface area contributed by atoms with Gasteiger partial charge in [-0.2, -0.15) is 4.98 Å². The van der Waals surface area contributed by atoms with Crippen LogP contribution in [0.5, 0.6) is 5.75 Å². The van der Waals surface area contributed by atoms with E-state index < -0.39 is 22.7 Å². The van der Waals surface area contributed by atoms with Gasteiger partial charge < -0.3 is 15.4 Å². The highest BCUT2D eigenvalue weighted by Gasteiger charge is 2.36. The number of nitrogens with zero attached hydrogens (tertiary/aromatic N) is 4. The molecule has 1 aromatic heterocycles. The number of rotatable bonds is 6. The number of fused-ring (bicyclic) bond motifs is 1. The van der Waals surface area contributed by atoms with E-state index >= 15 is 4.39 Å². The van der Waals surface area contributed by atoms with Gasteiger partial charge >= 0.3 is 0 Å². The number of anilines is 2. The second kappa shape index (κ2) is 9.53. The molecule has 5 rings (SSSR count). The Morgan fingerprint density at radius 3 is 2.51 bits per heavy atom. The summed E-state index contributed by atoms with van der Waals surface area (Å²) in [5.74, 6) is 0.0528. The summed E-state index contributed by atoms with van der Waals surface area (Å²) >= 11 is 0. The zero-order valence-electron chi connectivity index (χ0n) is 19.8. The smallest absolute Gasteiger partial charge is 0.269 e. The van der Waals surface area contributed by atoms with Crippen molar-refractivity contribution in [2.45, 2.75) is 13.0 Å². The number of non-ortho nitro benzene ring substituents is 1. The SMILES string of the molecule is COc1ccccc1NC(=O)C1=C(C)Nc2nc(-c3ccc([N+](=O)[O-])cc3)nn2C1c1ccccc1F. The lowest BCUT2D eigenvalue weighted by molar-refractivity contribution is -0.384. The zero-order valence-corrected chi connectivity index (χ0v) is 19.8. The molecule has 3 aromatic carbocycles. The molecule has 11 heteroatoms. The highest BCUT2D eigenvalue weighted by atomic mass is 19.1. The van der Waals surface area contributed by atoms with Crippen LogP contribution in [0.3, 0.4) is 0 Å². The van der Waals surface area contributed by atoms with Gasteiger partial charge in [0.05, 0.1) is 23.3 Å². The molecule has 10 nitrogen and oxygen atoms in total. The Kier molecular flexibility index (Phi) is 6.10. The Labute approximate surface area is 210 Å². The molecule has 0 bridgehead atoms. The van der Waals surface area contributed by atoms with Gasteiger partial charge in [-0.05, 0) is 37.3 Å². The monoisotopic (exact) mass is 500 g/mol. The molecule has 1 aliphatic rings. The van der Waals surface area contributed by atoms with Crippen molar-refractivity contribution in [1.82, 2.24) is 14.8 Å². The van der Waals surface area contributed by atoms with E-state index in [0.717, 1.165) is 0 Å². The Balaban J connectivity index is 1.59. The Hall–Kier alpha value is -5.06. The first-order valence-electron chi connectivity index (χ1n) is 11.3. The number of benzene rings is 3. The highest BCUT2D eigenvalue weighted by Crippen LogP contribution is 2.38. The second-order valence-corrected chi connectivity index (χ2v) is 8.25. The van der Waals surface area contributed by atoms with Crippen LogP contribution in [0, 0.1) is 15.9 Å². The van der Waals surface area contributed by atoms with E-state index in [0.29, 0.717) is 28.6 Å². The largest absolute Gasteiger partial charge is 0.495 e. The van der Waals surface area contributed by atoms with Crippen LogP contribution >= 0.6 is 0 Å². The summed E-state index contributed by atoms with van der Waals surface area (Å²) in [5, 5.41) is 21.5. The maximum atomic E-state index is 15.1. The van der Waals surface area contributed by atoms with Crippen LogP contribution in [-0.2, 0) is 4.79 Å². The molecule has 1 atom stereocenters. The van der Waals surface area contributed by atoms with E-state index in [2.05, 4.69) is 20.7 Å². The number of amides is 1. The van der Waals surface area contributed by atoms with Gasteiger partial charge in [0.1, 0.15) is 17.6 Å². The van der Waals surface area contributed by atoms with Crippen molar-refractivity contribution in [3.05, 3.63) is 106 Å². The van der Waals surface area contributed by atoms with Crippen molar-refractivity contribution >= 4 is 23.2 Å². The van der Waals surface area contributed by atoms with Crippen molar-refractivity contribution < 1.29 is 18.8 Å². The van der Waals surface area contributed by atoms with E-state index in [1.807, 2.05) is 0 Å². The first kappa shape index (κ1) is 23.7. The number of aromatic nitrogens is 3. The quantitative estimate of drug-likeness (QED) is 0.284. The third-order valence-electron chi connectivity index (χ3n) is 5.99. The van der Waals surface area contributed by atoms with Crippen LogP contribution in [0.15, 0.2) is 84.1 Å². The van der Waals surface area contributed by atoms with Gasteiger partial charge in [0, 0.05) is 29.0 Å². The van der Waals surface area contributed by atoms with E-state index in [-0.39, 0.29) is 22.6 Å². The third-order valence-corrected chi connectivity index (χ3v) is 5.99. The molecule has 0 saturated heterocycles. The average Bonchev–Trinajstić information content (AvgIpc) is 3.32. The van der Waals surface area contributed by atoms with Gasteiger partial charge in [-0.1, -0.05) is 30.3 Å². The highest BCUT2D eigenvalue weighted by molar-refractivity contribution is 6.06. The Bertz CT molecular complexity index is 1550. The van der Waals surface area contributed by atoms with Crippen LogP contribution in [0.2, 0.25) is 0 Å². The number of allylic oxidation sites excluding steroid dienone is 1. The predicted molar refractivity (Wildman–Crippen MR) is 135 cm³/mol. The number of nitro groups is 1. The number of carbonyl (C=O) groups excluding carboxylic acids is 1. The molecule has 186 valence electrons. The minimum atomic E-state index is -0.938. The Morgan fingerprint density at radius 1 is 1.11 bits per heavy atom. The van der Waals surface area contributed by atoms with E-state index in [4.69, 9.17) is 4.74 Å². The molecule has 4 aromatic rings. The topological polar surface area (TPSA) is 124 Å². The third kappa shape index (κ3) is 4.38. The van der Waals surface area contributed by atoms with Crippen molar-refractivity contribution in [3.63, 3.8) is 0 Å². The van der Waals surface area contributed by atoms with Gasteiger partial charge in [0.25, 0.3) is 11.6 Å². The number of hydrogen-bond donors (Lipinski definition) is 2. The maximum absolute atomic E-state index is 15.1. The summed E-state index contributed by atoms with van der Waals surface area (Å²) in [7, 11) is 1.50. The molecule has 2 heterocycles. The number of halogens is 1. The van der Waals surface area contributed by atoms with E-state index in [1.54, 1.807) is 49.4 Å². The fourth-order valence-electron chi connectivity index (χ4n) is 4.22. The van der Waals surface area contributed by atoms with Crippen LogP contribution in [0.25, 0.3) is 11.4 Å². The standard InChI is InChI=1S/C26H21FN6O4/c1-15-22(25(34)29-20-9-5-6-10-21(20)37-2)23(18-7-3-4-8-19(18)27)32-26(28-15)30-24(31-32)16-11-13-17(14-12-16)33(35)36/h3-14,23H,1-2H3,(H,29,34)(H,28,30,31). The van der Waals surface area contributed by atoms with Crippen molar-refractivity contribution in [1.29, 1.82) is 0 Å². The summed E-state index contributed by atoms with van der Waals surface area (Å²) in [6, 6.07) is 18.0. The van der Waals surface area contributed by atoms with Gasteiger partial charge in [-0.3, -0.25) is 14.9 Å². The molecular formula is C26H21FN6O4. The number of hydrogen-bond acceptors (Lipinski definition) is 7. The Morgan fingerprint density at radius 2 is 1.81 bits per heavy atom. The fraction of sp³-hybridized carbons (Fsp3) is 0.115. The number of carbonyl (C=O) groups is 1. The predicted octanol–water partition coefficient (Wildman–Crippen LogP) is 4.93. The molecule has 0 fully saturated rings. The second-order valence-electron chi connectivity index (χ2n) is 8.25. The normalized spacial score (nSPS) is 14.5.